The van der Waals surface area contributed by atoms with E-state index in [4.69, 9.17) is 9.84 Å². The van der Waals surface area contributed by atoms with Crippen LogP contribution in [0.15, 0.2) is 35.0 Å². The maximum absolute atomic E-state index is 11.3. The van der Waals surface area contributed by atoms with Gasteiger partial charge in [-0.3, -0.25) is 0 Å². The van der Waals surface area contributed by atoms with Gasteiger partial charge in [-0.2, -0.15) is 0 Å². The Bertz CT molecular complexity index is 540. The van der Waals surface area contributed by atoms with Crippen molar-refractivity contribution in [2.45, 2.75) is 6.92 Å². The minimum absolute atomic E-state index is 0.195. The van der Waals surface area contributed by atoms with Crippen molar-refractivity contribution in [3.8, 4) is 0 Å². The van der Waals surface area contributed by atoms with Crippen molar-refractivity contribution in [2.24, 2.45) is 4.99 Å². The smallest absolute Gasteiger partial charge is 0.363 e. The number of rotatable bonds is 2. The number of carboxylic acid groups (broad SMARTS) is 1. The second kappa shape index (κ2) is 4.21. The molecule has 0 atom stereocenters. The van der Waals surface area contributed by atoms with Gasteiger partial charge in [0.25, 0.3) is 0 Å². The van der Waals surface area contributed by atoms with E-state index in [9.17, 15) is 9.59 Å². The molecule has 0 unspecified atom stereocenters. The van der Waals surface area contributed by atoms with Crippen molar-refractivity contribution < 1.29 is 19.4 Å². The lowest BCUT2D eigenvalue weighted by Gasteiger charge is -1.96. The van der Waals surface area contributed by atoms with Crippen LogP contribution < -0.4 is 0 Å². The highest BCUT2D eigenvalue weighted by Gasteiger charge is 2.19. The Balaban J connectivity index is 2.28. The van der Waals surface area contributed by atoms with Crippen LogP contribution in [0.5, 0.6) is 0 Å². The lowest BCUT2D eigenvalue weighted by Crippen LogP contribution is -2.00. The second-order valence-electron chi connectivity index (χ2n) is 3.48. The average molecular weight is 231 g/mol. The van der Waals surface area contributed by atoms with Crippen molar-refractivity contribution in [1.29, 1.82) is 0 Å². The van der Waals surface area contributed by atoms with Crippen LogP contribution in [0.3, 0.4) is 0 Å². The molecule has 17 heavy (non-hydrogen) atoms. The Labute approximate surface area is 97.1 Å². The van der Waals surface area contributed by atoms with Crippen molar-refractivity contribution in [3.63, 3.8) is 0 Å². The first-order valence-electron chi connectivity index (χ1n) is 4.89. The first kappa shape index (κ1) is 11.1. The van der Waals surface area contributed by atoms with Gasteiger partial charge in [0.1, 0.15) is 0 Å². The molecule has 1 heterocycles. The summed E-state index contributed by atoms with van der Waals surface area (Å²) in [6.45, 7) is 1.59. The first-order valence-corrected chi connectivity index (χ1v) is 4.89. The number of hydrogen-bond acceptors (Lipinski definition) is 4. The van der Waals surface area contributed by atoms with Gasteiger partial charge in [-0.15, -0.1) is 0 Å². The van der Waals surface area contributed by atoms with Crippen LogP contribution in [0.2, 0.25) is 0 Å². The molecule has 1 aromatic rings. The van der Waals surface area contributed by atoms with Crippen LogP contribution in [0.4, 0.5) is 0 Å². The SMILES string of the molecule is CC1=N/C(=C/c2ccc(C(=O)O)cc2)C(=O)O1. The summed E-state index contributed by atoms with van der Waals surface area (Å²) in [6, 6.07) is 6.14. The van der Waals surface area contributed by atoms with Crippen molar-refractivity contribution in [2.75, 3.05) is 0 Å². The molecular weight excluding hydrogens is 222 g/mol. The second-order valence-corrected chi connectivity index (χ2v) is 3.48. The number of cyclic esters (lactones) is 1. The Hall–Kier alpha value is -2.43. The summed E-state index contributed by atoms with van der Waals surface area (Å²) in [4.78, 5) is 25.8. The highest BCUT2D eigenvalue weighted by atomic mass is 16.6. The van der Waals surface area contributed by atoms with E-state index in [0.717, 1.165) is 0 Å². The molecule has 0 aliphatic carbocycles. The van der Waals surface area contributed by atoms with Crippen LogP contribution >= 0.6 is 0 Å². The van der Waals surface area contributed by atoms with Gasteiger partial charge in [0, 0.05) is 6.92 Å². The molecule has 0 saturated carbocycles. The van der Waals surface area contributed by atoms with Gasteiger partial charge in [0.05, 0.1) is 5.56 Å². The number of ether oxygens (including phenoxy) is 1. The normalized spacial score (nSPS) is 16.9. The molecule has 0 bridgehead atoms. The van der Waals surface area contributed by atoms with Gasteiger partial charge < -0.3 is 9.84 Å². The number of hydrogen-bond donors (Lipinski definition) is 1. The third-order valence-electron chi connectivity index (χ3n) is 2.19. The zero-order chi connectivity index (χ0) is 12.4. The molecule has 0 spiro atoms. The quantitative estimate of drug-likeness (QED) is 0.620. The fraction of sp³-hybridized carbons (Fsp3) is 0.0833. The fourth-order valence-electron chi connectivity index (χ4n) is 1.40. The summed E-state index contributed by atoms with van der Waals surface area (Å²) >= 11 is 0. The lowest BCUT2D eigenvalue weighted by atomic mass is 10.1. The highest BCUT2D eigenvalue weighted by Crippen LogP contribution is 2.15. The molecular formula is C12H9NO4. The van der Waals surface area contributed by atoms with Crippen LogP contribution in [0.1, 0.15) is 22.8 Å². The standard InChI is InChI=1S/C12H9NO4/c1-7-13-10(12(16)17-7)6-8-2-4-9(5-3-8)11(14)15/h2-6H,1H3,(H,14,15)/b10-6+. The zero-order valence-corrected chi connectivity index (χ0v) is 9.01. The Morgan fingerprint density at radius 2 is 2.00 bits per heavy atom. The number of aromatic carboxylic acids is 1. The van der Waals surface area contributed by atoms with E-state index in [1.54, 1.807) is 25.1 Å². The van der Waals surface area contributed by atoms with E-state index in [1.165, 1.54) is 12.1 Å². The fourth-order valence-corrected chi connectivity index (χ4v) is 1.40. The van der Waals surface area contributed by atoms with E-state index in [1.807, 2.05) is 0 Å². The average Bonchev–Trinajstić information content (AvgIpc) is 2.58. The Kier molecular flexibility index (Phi) is 2.74. The number of benzene rings is 1. The molecule has 1 N–H and O–H groups in total. The van der Waals surface area contributed by atoms with E-state index >= 15 is 0 Å². The molecule has 0 saturated heterocycles. The van der Waals surface area contributed by atoms with Gasteiger partial charge in [0.15, 0.2) is 11.6 Å². The monoisotopic (exact) mass is 231 g/mol. The molecule has 5 heteroatoms. The lowest BCUT2D eigenvalue weighted by molar-refractivity contribution is -0.130. The summed E-state index contributed by atoms with van der Waals surface area (Å²) in [5.74, 6) is -1.17. The van der Waals surface area contributed by atoms with Crippen LogP contribution in [0.25, 0.3) is 6.08 Å². The zero-order valence-electron chi connectivity index (χ0n) is 9.01. The van der Waals surface area contributed by atoms with Crippen LogP contribution in [-0.4, -0.2) is 22.9 Å². The molecule has 0 radical (unpaired) electrons. The molecule has 1 aliphatic heterocycles. The highest BCUT2D eigenvalue weighted by molar-refractivity contribution is 6.06. The number of carbonyl (C=O) groups excluding carboxylic acids is 1. The number of carboxylic acids is 1. The summed E-state index contributed by atoms with van der Waals surface area (Å²) in [7, 11) is 0. The summed E-state index contributed by atoms with van der Waals surface area (Å²) in [6.07, 6.45) is 1.55. The predicted octanol–water partition coefficient (Wildman–Crippen LogP) is 1.70. The minimum Gasteiger partial charge on any atom is -0.478 e. The minimum atomic E-state index is -0.988. The summed E-state index contributed by atoms with van der Waals surface area (Å²) in [5.41, 5.74) is 1.10. The molecule has 1 aromatic carbocycles. The van der Waals surface area contributed by atoms with Gasteiger partial charge in [-0.05, 0) is 23.8 Å². The van der Waals surface area contributed by atoms with E-state index in [0.29, 0.717) is 11.5 Å². The maximum atomic E-state index is 11.3. The number of nitrogens with zero attached hydrogens (tertiary/aromatic N) is 1. The maximum Gasteiger partial charge on any atom is 0.363 e. The summed E-state index contributed by atoms with van der Waals surface area (Å²) < 4.78 is 4.76. The van der Waals surface area contributed by atoms with Gasteiger partial charge in [0.2, 0.25) is 0 Å². The molecule has 0 aromatic heterocycles. The van der Waals surface area contributed by atoms with Crippen LogP contribution in [0, 0.1) is 0 Å². The molecule has 0 fully saturated rings. The third-order valence-corrected chi connectivity index (χ3v) is 2.19. The van der Waals surface area contributed by atoms with Crippen molar-refractivity contribution >= 4 is 23.9 Å². The molecule has 2 rings (SSSR count). The predicted molar refractivity (Wildman–Crippen MR) is 60.6 cm³/mol. The van der Waals surface area contributed by atoms with E-state index in [-0.39, 0.29) is 11.3 Å². The van der Waals surface area contributed by atoms with Gasteiger partial charge in [-0.1, -0.05) is 12.1 Å². The number of carbonyl (C=O) groups is 2. The van der Waals surface area contributed by atoms with Crippen LogP contribution in [-0.2, 0) is 9.53 Å². The number of aliphatic imine (C=N–C) groups is 1. The van der Waals surface area contributed by atoms with Crippen molar-refractivity contribution in [1.82, 2.24) is 0 Å². The largest absolute Gasteiger partial charge is 0.478 e. The Morgan fingerprint density at radius 3 is 2.47 bits per heavy atom. The third kappa shape index (κ3) is 2.39. The number of esters is 1. The Morgan fingerprint density at radius 1 is 1.35 bits per heavy atom. The van der Waals surface area contributed by atoms with Crippen molar-refractivity contribution in [3.05, 3.63) is 41.1 Å². The van der Waals surface area contributed by atoms with E-state index in [2.05, 4.69) is 4.99 Å². The molecule has 86 valence electrons. The first-order chi connectivity index (χ1) is 8.06. The van der Waals surface area contributed by atoms with E-state index < -0.39 is 11.9 Å². The molecule has 5 nitrogen and oxygen atoms in total. The van der Waals surface area contributed by atoms with Gasteiger partial charge >= 0.3 is 11.9 Å². The molecule has 0 amide bonds. The molecule has 1 aliphatic rings. The summed E-state index contributed by atoms with van der Waals surface area (Å²) in [5, 5.41) is 8.73. The van der Waals surface area contributed by atoms with Gasteiger partial charge in [-0.25, -0.2) is 14.6 Å². The topological polar surface area (TPSA) is 76.0 Å².